The summed E-state index contributed by atoms with van der Waals surface area (Å²) in [6.07, 6.45) is 0. The number of fused-ring (bicyclic) bond motifs is 2. The summed E-state index contributed by atoms with van der Waals surface area (Å²) in [6, 6.07) is 7.67. The van der Waals surface area contributed by atoms with Gasteiger partial charge in [-0.3, -0.25) is 0 Å². The van der Waals surface area contributed by atoms with Crippen LogP contribution in [0.15, 0.2) is 33.1 Å². The van der Waals surface area contributed by atoms with Gasteiger partial charge in [-0.05, 0) is 56.9 Å². The Morgan fingerprint density at radius 3 is 1.66 bits per heavy atom. The monoisotopic (exact) mass is 450 g/mol. The molecule has 0 aliphatic heterocycles. The van der Waals surface area contributed by atoms with Crippen LogP contribution in [0.25, 0.3) is 22.2 Å². The number of aromatic nitrogens is 2. The van der Waals surface area contributed by atoms with Crippen LogP contribution in [0.3, 0.4) is 0 Å². The Hall–Kier alpha value is -2.72. The van der Waals surface area contributed by atoms with Crippen molar-refractivity contribution in [1.29, 1.82) is 0 Å². The molecule has 4 aromatic rings. The molecular weight excluding hydrogens is 427 g/mol. The summed E-state index contributed by atoms with van der Waals surface area (Å²) < 4.78 is 15.4. The Morgan fingerprint density at radius 2 is 1.25 bits per heavy atom. The first-order valence-corrected chi connectivity index (χ1v) is 9.36. The third-order valence-electron chi connectivity index (χ3n) is 4.52. The zero-order chi connectivity index (χ0) is 22.0. The number of aryl methyl sites for hydroxylation is 4. The van der Waals surface area contributed by atoms with Gasteiger partial charge in [0.25, 0.3) is 0 Å². The first kappa shape index (κ1) is 27.3. The minimum absolute atomic E-state index is 0. The predicted octanol–water partition coefficient (Wildman–Crippen LogP) is 1.59. The van der Waals surface area contributed by atoms with Crippen LogP contribution in [-0.4, -0.2) is 39.1 Å². The van der Waals surface area contributed by atoms with Gasteiger partial charge in [-0.25, -0.2) is 19.6 Å². The molecule has 0 amide bonds. The van der Waals surface area contributed by atoms with E-state index in [-0.39, 0.29) is 46.8 Å². The Morgan fingerprint density at radius 1 is 0.844 bits per heavy atom. The van der Waals surface area contributed by atoms with E-state index in [9.17, 15) is 9.59 Å². The fraction of sp³-hybridized carbons (Fsp3) is 0.273. The molecule has 2 aromatic carbocycles. The van der Waals surface area contributed by atoms with Crippen LogP contribution in [0, 0.1) is 27.7 Å². The van der Waals surface area contributed by atoms with Crippen LogP contribution < -0.4 is 29.6 Å². The molecule has 0 radical (unpaired) electrons. The first-order chi connectivity index (χ1) is 14.2. The van der Waals surface area contributed by atoms with Gasteiger partial charge < -0.3 is 24.2 Å². The number of hydrogen-bond donors (Lipinski definition) is 1. The van der Waals surface area contributed by atoms with E-state index in [0.717, 1.165) is 27.8 Å². The molecule has 0 atom stereocenters. The van der Waals surface area contributed by atoms with Gasteiger partial charge in [-0.2, -0.15) is 0 Å². The topological polar surface area (TPSA) is 146 Å². The third-order valence-corrected chi connectivity index (χ3v) is 4.52. The van der Waals surface area contributed by atoms with Crippen molar-refractivity contribution in [3.05, 3.63) is 58.3 Å². The van der Waals surface area contributed by atoms with Crippen molar-refractivity contribution >= 4 is 34.1 Å². The van der Waals surface area contributed by atoms with E-state index in [4.69, 9.17) is 18.7 Å². The van der Waals surface area contributed by atoms with Gasteiger partial charge in [0.15, 0.2) is 11.2 Å². The summed E-state index contributed by atoms with van der Waals surface area (Å²) in [4.78, 5) is 30.2. The maximum atomic E-state index is 11.5. The third kappa shape index (κ3) is 5.55. The quantitative estimate of drug-likeness (QED) is 0.363. The van der Waals surface area contributed by atoms with E-state index in [0.29, 0.717) is 23.3 Å². The minimum Gasteiger partial charge on any atom is -0.870 e. The molecule has 4 rings (SSSR count). The van der Waals surface area contributed by atoms with E-state index in [1.807, 2.05) is 52.0 Å². The number of aromatic carboxylic acids is 1. The summed E-state index contributed by atoms with van der Waals surface area (Å²) in [5.41, 5.74) is 6.33. The zero-order valence-corrected chi connectivity index (χ0v) is 20.8. The molecule has 2 aromatic heterocycles. The Kier molecular flexibility index (Phi) is 9.59. The van der Waals surface area contributed by atoms with Crippen LogP contribution >= 0.6 is 0 Å². The Balaban J connectivity index is 0.000000303. The molecule has 0 unspecified atom stereocenters. The van der Waals surface area contributed by atoms with Gasteiger partial charge in [0.1, 0.15) is 11.0 Å². The maximum Gasteiger partial charge on any atom is 1.00 e. The van der Waals surface area contributed by atoms with Crippen LogP contribution in [0.1, 0.15) is 50.5 Å². The Bertz CT molecular complexity index is 1180. The van der Waals surface area contributed by atoms with Crippen molar-refractivity contribution in [3.63, 3.8) is 0 Å². The molecule has 0 bridgehead atoms. The van der Waals surface area contributed by atoms with Crippen LogP contribution in [-0.2, 0) is 4.74 Å². The molecule has 164 valence electrons. The van der Waals surface area contributed by atoms with Crippen LogP contribution in [0.2, 0.25) is 0 Å². The van der Waals surface area contributed by atoms with Gasteiger partial charge >= 0.3 is 53.3 Å². The summed E-state index contributed by atoms with van der Waals surface area (Å²) >= 11 is 0. The molecule has 0 spiro atoms. The number of carbonyl (C=O) groups is 2. The van der Waals surface area contributed by atoms with Crippen molar-refractivity contribution < 1.29 is 63.3 Å². The van der Waals surface area contributed by atoms with Crippen molar-refractivity contribution in [2.24, 2.45) is 0 Å². The molecule has 0 saturated carbocycles. The fourth-order valence-corrected chi connectivity index (χ4v) is 2.89. The van der Waals surface area contributed by atoms with Gasteiger partial charge in [-0.15, -0.1) is 0 Å². The summed E-state index contributed by atoms with van der Waals surface area (Å²) in [5, 5.41) is 8.71. The standard InChI is InChI=1S/C12H13NO3.C10H9NO3.Na.H2O/c1-4-15-12(14)11-13-9-7(2)5-6-8(3)10(9)16-11;1-5-3-4-6(2)8-7(5)11-9(14-8)10(12)13;;/h5-6H,4H2,1-3H3;3-4H,1-2H3,(H,12,13);;1H2/q;;+1;/p-1. The second kappa shape index (κ2) is 11.2. The number of hydrogen-bond acceptors (Lipinski definition) is 8. The van der Waals surface area contributed by atoms with E-state index >= 15 is 0 Å². The Labute approximate surface area is 206 Å². The number of esters is 1. The number of ether oxygens (including phenoxy) is 1. The number of carboxylic acid groups (broad SMARTS) is 1. The molecule has 32 heavy (non-hydrogen) atoms. The first-order valence-electron chi connectivity index (χ1n) is 9.36. The second-order valence-corrected chi connectivity index (χ2v) is 6.82. The molecule has 2 heterocycles. The molecular formula is C22H23N2NaO7. The van der Waals surface area contributed by atoms with E-state index in [1.165, 1.54) is 0 Å². The minimum atomic E-state index is -1.14. The number of carbonyl (C=O) groups excluding carboxylic acids is 1. The van der Waals surface area contributed by atoms with Gasteiger partial charge in [0.2, 0.25) is 0 Å². The fourth-order valence-electron chi connectivity index (χ4n) is 2.89. The largest absolute Gasteiger partial charge is 1.00 e. The van der Waals surface area contributed by atoms with Crippen LogP contribution in [0.4, 0.5) is 0 Å². The average Bonchev–Trinajstić information content (AvgIpc) is 3.35. The van der Waals surface area contributed by atoms with Crippen molar-refractivity contribution in [2.45, 2.75) is 34.6 Å². The van der Waals surface area contributed by atoms with Crippen molar-refractivity contribution in [1.82, 2.24) is 9.97 Å². The average molecular weight is 450 g/mol. The zero-order valence-electron chi connectivity index (χ0n) is 18.8. The SMILES string of the molecule is CCOC(=O)c1nc2c(C)ccc(C)c2o1.Cc1ccc(C)c2oc(C(=O)O)nc12.[Na+].[OH-]. The second-order valence-electron chi connectivity index (χ2n) is 6.82. The van der Waals surface area contributed by atoms with E-state index in [1.54, 1.807) is 6.92 Å². The number of benzene rings is 2. The van der Waals surface area contributed by atoms with Crippen LogP contribution in [0.5, 0.6) is 0 Å². The van der Waals surface area contributed by atoms with Gasteiger partial charge in [-0.1, -0.05) is 24.3 Å². The molecule has 0 saturated heterocycles. The summed E-state index contributed by atoms with van der Waals surface area (Å²) in [6.45, 7) is 9.64. The predicted molar refractivity (Wildman–Crippen MR) is 112 cm³/mol. The number of carboxylic acids is 1. The summed E-state index contributed by atoms with van der Waals surface area (Å²) in [5.74, 6) is -1.89. The van der Waals surface area contributed by atoms with Crippen molar-refractivity contribution in [3.8, 4) is 0 Å². The maximum absolute atomic E-state index is 11.5. The number of nitrogens with zero attached hydrogens (tertiary/aromatic N) is 2. The molecule has 9 nitrogen and oxygen atoms in total. The number of oxazole rings is 2. The molecule has 2 N–H and O–H groups in total. The molecule has 0 aliphatic carbocycles. The van der Waals surface area contributed by atoms with E-state index in [2.05, 4.69) is 9.97 Å². The molecule has 0 fully saturated rings. The van der Waals surface area contributed by atoms with Gasteiger partial charge in [0.05, 0.1) is 6.61 Å². The summed E-state index contributed by atoms with van der Waals surface area (Å²) in [7, 11) is 0. The smallest absolute Gasteiger partial charge is 0.870 e. The number of rotatable bonds is 3. The normalized spacial score (nSPS) is 10.0. The molecule has 0 aliphatic rings. The van der Waals surface area contributed by atoms with E-state index < -0.39 is 11.9 Å². The van der Waals surface area contributed by atoms with Gasteiger partial charge in [0, 0.05) is 0 Å². The van der Waals surface area contributed by atoms with Crippen molar-refractivity contribution in [2.75, 3.05) is 6.61 Å². The molecule has 10 heteroatoms.